The van der Waals surface area contributed by atoms with E-state index >= 15 is 0 Å². The van der Waals surface area contributed by atoms with Gasteiger partial charge in [0.05, 0.1) is 0 Å². The highest BCUT2D eigenvalue weighted by Crippen LogP contribution is 2.19. The Morgan fingerprint density at radius 2 is 1.44 bits per heavy atom. The lowest BCUT2D eigenvalue weighted by atomic mass is 10.0. The van der Waals surface area contributed by atoms with Gasteiger partial charge in [-0.05, 0) is 56.9 Å². The molecule has 0 saturated heterocycles. The average molecular weight is 542 g/mol. The maximum absolute atomic E-state index is 13.3. The number of carboxylic acids is 1. The van der Waals surface area contributed by atoms with Crippen LogP contribution in [0.4, 0.5) is 4.79 Å². The fourth-order valence-corrected chi connectivity index (χ4v) is 3.55. The zero-order valence-electron chi connectivity index (χ0n) is 23.3. The Morgan fingerprint density at radius 3 is 1.97 bits per heavy atom. The van der Waals surface area contributed by atoms with Crippen LogP contribution in [0.3, 0.4) is 0 Å². The SMILES string of the molecule is CC(C)[C@H](NC(=O)[C@H](Cc1ccc(OC(C)(C)C)cc1)NC(=O)OCc1ccccc1)C(=O)N[C@@H](C)C(=O)O. The maximum atomic E-state index is 13.3. The predicted molar refractivity (Wildman–Crippen MR) is 146 cm³/mol. The van der Waals surface area contributed by atoms with Gasteiger partial charge in [0.2, 0.25) is 11.8 Å². The molecule has 0 unspecified atom stereocenters. The number of rotatable bonds is 12. The Labute approximate surface area is 229 Å². The third-order valence-electron chi connectivity index (χ3n) is 5.58. The van der Waals surface area contributed by atoms with E-state index in [1.54, 1.807) is 38.1 Å². The topological polar surface area (TPSA) is 143 Å². The molecule has 0 radical (unpaired) electrons. The van der Waals surface area contributed by atoms with Crippen LogP contribution in [0.25, 0.3) is 0 Å². The van der Waals surface area contributed by atoms with E-state index in [1.165, 1.54) is 6.92 Å². The highest BCUT2D eigenvalue weighted by atomic mass is 16.5. The van der Waals surface area contributed by atoms with Crippen molar-refractivity contribution in [3.63, 3.8) is 0 Å². The number of alkyl carbamates (subject to hydrolysis) is 1. The van der Waals surface area contributed by atoms with Crippen LogP contribution in [0, 0.1) is 5.92 Å². The number of benzene rings is 2. The molecule has 10 nitrogen and oxygen atoms in total. The quantitative estimate of drug-likeness (QED) is 0.322. The molecule has 39 heavy (non-hydrogen) atoms. The summed E-state index contributed by atoms with van der Waals surface area (Å²) in [6.45, 7) is 10.6. The molecule has 0 aliphatic rings. The van der Waals surface area contributed by atoms with Crippen LogP contribution in [0.5, 0.6) is 5.75 Å². The lowest BCUT2D eigenvalue weighted by Crippen LogP contribution is -2.57. The summed E-state index contributed by atoms with van der Waals surface area (Å²) in [5, 5.41) is 16.8. The third kappa shape index (κ3) is 11.1. The highest BCUT2D eigenvalue weighted by Gasteiger charge is 2.30. The average Bonchev–Trinajstić information content (AvgIpc) is 2.86. The summed E-state index contributed by atoms with van der Waals surface area (Å²) < 4.78 is 11.2. The number of aliphatic carboxylic acids is 1. The molecule has 0 saturated carbocycles. The van der Waals surface area contributed by atoms with Gasteiger partial charge in [0.15, 0.2) is 0 Å². The minimum atomic E-state index is -1.20. The van der Waals surface area contributed by atoms with Gasteiger partial charge in [-0.2, -0.15) is 0 Å². The molecule has 4 N–H and O–H groups in total. The van der Waals surface area contributed by atoms with E-state index in [4.69, 9.17) is 14.6 Å². The predicted octanol–water partition coefficient (Wildman–Crippen LogP) is 3.43. The summed E-state index contributed by atoms with van der Waals surface area (Å²) in [4.78, 5) is 49.9. The van der Waals surface area contributed by atoms with E-state index in [0.29, 0.717) is 5.75 Å². The van der Waals surface area contributed by atoms with E-state index < -0.39 is 42.0 Å². The van der Waals surface area contributed by atoms with Gasteiger partial charge < -0.3 is 30.5 Å². The van der Waals surface area contributed by atoms with E-state index in [-0.39, 0.29) is 24.5 Å². The first-order valence-electron chi connectivity index (χ1n) is 12.8. The van der Waals surface area contributed by atoms with Crippen LogP contribution in [0.15, 0.2) is 54.6 Å². The Kier molecular flexibility index (Phi) is 11.3. The van der Waals surface area contributed by atoms with E-state index in [1.807, 2.05) is 51.1 Å². The van der Waals surface area contributed by atoms with E-state index in [0.717, 1.165) is 11.1 Å². The zero-order valence-corrected chi connectivity index (χ0v) is 23.3. The number of nitrogens with one attached hydrogen (secondary N) is 3. The Morgan fingerprint density at radius 1 is 0.821 bits per heavy atom. The van der Waals surface area contributed by atoms with Crippen molar-refractivity contribution in [1.82, 2.24) is 16.0 Å². The summed E-state index contributed by atoms with van der Waals surface area (Å²) in [7, 11) is 0. The molecule has 0 heterocycles. The molecule has 0 spiro atoms. The van der Waals surface area contributed by atoms with Crippen molar-refractivity contribution >= 4 is 23.9 Å². The number of carboxylic acid groups (broad SMARTS) is 1. The van der Waals surface area contributed by atoms with Crippen molar-refractivity contribution in [2.75, 3.05) is 0 Å². The third-order valence-corrected chi connectivity index (χ3v) is 5.58. The first kappa shape index (κ1) is 31.1. The van der Waals surface area contributed by atoms with Gasteiger partial charge >= 0.3 is 12.1 Å². The first-order chi connectivity index (χ1) is 18.2. The number of carbonyl (C=O) groups is 4. The number of ether oxygens (including phenoxy) is 2. The number of amides is 3. The van der Waals surface area contributed by atoms with Gasteiger partial charge in [0.1, 0.15) is 36.1 Å². The monoisotopic (exact) mass is 541 g/mol. The van der Waals surface area contributed by atoms with Crippen LogP contribution in [-0.4, -0.2) is 52.7 Å². The van der Waals surface area contributed by atoms with Gasteiger partial charge in [-0.3, -0.25) is 14.4 Å². The van der Waals surface area contributed by atoms with Crippen molar-refractivity contribution < 1.29 is 33.8 Å². The Hall–Kier alpha value is -4.08. The van der Waals surface area contributed by atoms with Crippen LogP contribution in [-0.2, 0) is 32.1 Å². The normalized spacial score (nSPS) is 13.5. The van der Waals surface area contributed by atoms with Crippen LogP contribution in [0.1, 0.15) is 52.7 Å². The van der Waals surface area contributed by atoms with Crippen LogP contribution in [0.2, 0.25) is 0 Å². The van der Waals surface area contributed by atoms with Crippen LogP contribution < -0.4 is 20.7 Å². The van der Waals surface area contributed by atoms with E-state index in [9.17, 15) is 19.2 Å². The highest BCUT2D eigenvalue weighted by molar-refractivity contribution is 5.93. The Bertz CT molecular complexity index is 1110. The molecule has 10 heteroatoms. The van der Waals surface area contributed by atoms with Gasteiger partial charge in [-0.25, -0.2) is 4.79 Å². The molecular formula is C29H39N3O7. The minimum Gasteiger partial charge on any atom is -0.488 e. The summed E-state index contributed by atoms with van der Waals surface area (Å²) in [5.74, 6) is -2.14. The molecule has 2 rings (SSSR count). The second-order valence-corrected chi connectivity index (χ2v) is 10.6. The fraction of sp³-hybridized carbons (Fsp3) is 0.448. The standard InChI is InChI=1S/C29H39N3O7/c1-18(2)24(26(34)30-19(3)27(35)36)32-25(33)23(31-28(37)38-17-21-10-8-7-9-11-21)16-20-12-14-22(15-13-20)39-29(4,5)6/h7-15,18-19,23-24H,16-17H2,1-6H3,(H,30,34)(H,31,37)(H,32,33)(H,35,36)/t19-,23-,24-/m0/s1. The molecule has 2 aromatic rings. The largest absolute Gasteiger partial charge is 0.488 e. The zero-order chi connectivity index (χ0) is 29.2. The lowest BCUT2D eigenvalue weighted by molar-refractivity contribution is -0.142. The molecule has 0 bridgehead atoms. The molecule has 212 valence electrons. The van der Waals surface area contributed by atoms with Gasteiger partial charge in [-0.1, -0.05) is 56.3 Å². The summed E-state index contributed by atoms with van der Waals surface area (Å²) >= 11 is 0. The van der Waals surface area contributed by atoms with Crippen molar-refractivity contribution in [3.05, 3.63) is 65.7 Å². The second kappa shape index (κ2) is 14.2. The second-order valence-electron chi connectivity index (χ2n) is 10.6. The Balaban J connectivity index is 2.19. The van der Waals surface area contributed by atoms with E-state index in [2.05, 4.69) is 16.0 Å². The lowest BCUT2D eigenvalue weighted by Gasteiger charge is -2.26. The maximum Gasteiger partial charge on any atom is 0.408 e. The van der Waals surface area contributed by atoms with Gasteiger partial charge in [-0.15, -0.1) is 0 Å². The minimum absolute atomic E-state index is 0.0178. The molecule has 0 aromatic heterocycles. The smallest absolute Gasteiger partial charge is 0.408 e. The number of hydrogen-bond donors (Lipinski definition) is 4. The molecule has 0 aliphatic heterocycles. The van der Waals surface area contributed by atoms with Crippen molar-refractivity contribution in [1.29, 1.82) is 0 Å². The molecule has 0 fully saturated rings. The molecular weight excluding hydrogens is 502 g/mol. The fourth-order valence-electron chi connectivity index (χ4n) is 3.55. The summed E-state index contributed by atoms with van der Waals surface area (Å²) in [6.07, 6.45) is -0.684. The van der Waals surface area contributed by atoms with Crippen molar-refractivity contribution in [2.24, 2.45) is 5.92 Å². The van der Waals surface area contributed by atoms with Crippen molar-refractivity contribution in [3.8, 4) is 5.75 Å². The first-order valence-corrected chi connectivity index (χ1v) is 12.8. The number of hydrogen-bond acceptors (Lipinski definition) is 6. The summed E-state index contributed by atoms with van der Waals surface area (Å²) in [6, 6.07) is 13.0. The molecule has 2 aromatic carbocycles. The number of carbonyl (C=O) groups excluding carboxylic acids is 3. The molecule has 0 aliphatic carbocycles. The molecule has 3 amide bonds. The molecule has 3 atom stereocenters. The van der Waals surface area contributed by atoms with Gasteiger partial charge in [0, 0.05) is 6.42 Å². The summed E-state index contributed by atoms with van der Waals surface area (Å²) in [5.41, 5.74) is 1.15. The van der Waals surface area contributed by atoms with Crippen LogP contribution >= 0.6 is 0 Å². The van der Waals surface area contributed by atoms with Crippen molar-refractivity contribution in [2.45, 2.75) is 78.3 Å². The van der Waals surface area contributed by atoms with Gasteiger partial charge in [0.25, 0.3) is 0 Å².